The number of halogens is 3. The van der Waals surface area contributed by atoms with Crippen molar-refractivity contribution < 1.29 is 27.9 Å². The summed E-state index contributed by atoms with van der Waals surface area (Å²) >= 11 is 0. The number of para-hydroxylation sites is 1. The molecular formula is C10H10F3NO4. The number of hydrogen-bond acceptors (Lipinski definition) is 4. The maximum atomic E-state index is 12.1. The number of nitrogens with zero attached hydrogens (tertiary/aromatic N) is 1. The van der Waals surface area contributed by atoms with Gasteiger partial charge in [0.1, 0.15) is 0 Å². The Balaban J connectivity index is 3.30. The highest BCUT2D eigenvalue weighted by molar-refractivity contribution is 5.54. The fourth-order valence-electron chi connectivity index (χ4n) is 1.44. The largest absolute Gasteiger partial charge is 0.573 e. The van der Waals surface area contributed by atoms with Crippen LogP contribution in [-0.2, 0) is 0 Å². The SMILES string of the molecule is CC(CO)c1cccc(OC(F)(F)F)c1[N+](=O)[O-]. The van der Waals surface area contributed by atoms with Crippen molar-refractivity contribution in [1.82, 2.24) is 0 Å². The number of aliphatic hydroxyl groups is 1. The van der Waals surface area contributed by atoms with Gasteiger partial charge in [-0.2, -0.15) is 0 Å². The summed E-state index contributed by atoms with van der Waals surface area (Å²) in [6.45, 7) is 1.04. The van der Waals surface area contributed by atoms with Gasteiger partial charge in [0.05, 0.1) is 4.92 Å². The van der Waals surface area contributed by atoms with E-state index < -0.39 is 35.2 Å². The third kappa shape index (κ3) is 3.33. The molecule has 0 aromatic heterocycles. The first kappa shape index (κ1) is 14.2. The molecule has 1 rings (SSSR count). The Morgan fingerprint density at radius 1 is 1.50 bits per heavy atom. The van der Waals surface area contributed by atoms with Crippen molar-refractivity contribution in [2.24, 2.45) is 0 Å². The van der Waals surface area contributed by atoms with E-state index in [1.165, 1.54) is 19.1 Å². The molecule has 0 saturated heterocycles. The lowest BCUT2D eigenvalue weighted by atomic mass is 10.00. The highest BCUT2D eigenvalue weighted by Crippen LogP contribution is 2.37. The van der Waals surface area contributed by atoms with Crippen molar-refractivity contribution in [3.05, 3.63) is 33.9 Å². The summed E-state index contributed by atoms with van der Waals surface area (Å²) in [7, 11) is 0. The molecule has 0 bridgehead atoms. The lowest BCUT2D eigenvalue weighted by Gasteiger charge is -2.13. The smallest absolute Gasteiger partial charge is 0.398 e. The van der Waals surface area contributed by atoms with E-state index in [4.69, 9.17) is 5.11 Å². The predicted molar refractivity (Wildman–Crippen MR) is 55.3 cm³/mol. The number of hydrogen-bond donors (Lipinski definition) is 1. The fourth-order valence-corrected chi connectivity index (χ4v) is 1.44. The van der Waals surface area contributed by atoms with Crippen LogP contribution in [0.5, 0.6) is 5.75 Å². The van der Waals surface area contributed by atoms with Gasteiger partial charge in [-0.3, -0.25) is 10.1 Å². The van der Waals surface area contributed by atoms with E-state index in [9.17, 15) is 23.3 Å². The van der Waals surface area contributed by atoms with Crippen LogP contribution in [0.2, 0.25) is 0 Å². The molecule has 0 amide bonds. The zero-order chi connectivity index (χ0) is 13.9. The van der Waals surface area contributed by atoms with Crippen molar-refractivity contribution in [1.29, 1.82) is 0 Å². The number of rotatable bonds is 4. The molecule has 0 aliphatic rings. The molecule has 5 nitrogen and oxygen atoms in total. The second-order valence-corrected chi connectivity index (χ2v) is 3.58. The monoisotopic (exact) mass is 265 g/mol. The Hall–Kier alpha value is -1.83. The standard InChI is InChI=1S/C10H10F3NO4/c1-6(5-15)7-3-2-4-8(9(7)14(16)17)18-10(11,12)13/h2-4,6,15H,5H2,1H3. The minimum Gasteiger partial charge on any atom is -0.398 e. The van der Waals surface area contributed by atoms with Crippen molar-refractivity contribution in [2.45, 2.75) is 19.2 Å². The zero-order valence-electron chi connectivity index (χ0n) is 9.27. The van der Waals surface area contributed by atoms with Crippen LogP contribution in [0.4, 0.5) is 18.9 Å². The summed E-state index contributed by atoms with van der Waals surface area (Å²) in [6, 6.07) is 3.34. The molecule has 0 saturated carbocycles. The molecule has 1 unspecified atom stereocenters. The maximum Gasteiger partial charge on any atom is 0.573 e. The molecule has 100 valence electrons. The van der Waals surface area contributed by atoms with Gasteiger partial charge < -0.3 is 9.84 Å². The average Bonchev–Trinajstić information content (AvgIpc) is 2.25. The molecule has 0 fully saturated rings. The normalized spacial score (nSPS) is 13.2. The van der Waals surface area contributed by atoms with Crippen LogP contribution in [0.3, 0.4) is 0 Å². The van der Waals surface area contributed by atoms with Crippen molar-refractivity contribution >= 4 is 5.69 Å². The first-order valence-electron chi connectivity index (χ1n) is 4.90. The van der Waals surface area contributed by atoms with E-state index in [1.807, 2.05) is 0 Å². The summed E-state index contributed by atoms with van der Waals surface area (Å²) in [5, 5.41) is 19.8. The second-order valence-electron chi connectivity index (χ2n) is 3.58. The Bertz CT molecular complexity index is 447. The maximum absolute atomic E-state index is 12.1. The van der Waals surface area contributed by atoms with Crippen LogP contribution < -0.4 is 4.74 Å². The van der Waals surface area contributed by atoms with Crippen molar-refractivity contribution in [2.75, 3.05) is 6.61 Å². The Labute approximate surface area is 99.9 Å². The topological polar surface area (TPSA) is 72.6 Å². The first-order chi connectivity index (χ1) is 8.26. The molecule has 0 radical (unpaired) electrons. The number of nitro groups is 1. The quantitative estimate of drug-likeness (QED) is 0.670. The Morgan fingerprint density at radius 2 is 2.11 bits per heavy atom. The number of aliphatic hydroxyl groups excluding tert-OH is 1. The molecule has 8 heteroatoms. The van der Waals surface area contributed by atoms with Crippen LogP contribution in [0.15, 0.2) is 18.2 Å². The number of benzene rings is 1. The van der Waals surface area contributed by atoms with Gasteiger partial charge in [0.2, 0.25) is 5.75 Å². The van der Waals surface area contributed by atoms with Gasteiger partial charge >= 0.3 is 12.0 Å². The van der Waals surface area contributed by atoms with Crippen LogP contribution in [0, 0.1) is 10.1 Å². The van der Waals surface area contributed by atoms with E-state index >= 15 is 0 Å². The highest BCUT2D eigenvalue weighted by Gasteiger charge is 2.35. The molecule has 0 heterocycles. The molecule has 0 aliphatic heterocycles. The second kappa shape index (κ2) is 5.21. The molecular weight excluding hydrogens is 255 g/mol. The number of nitro benzene ring substituents is 1. The van der Waals surface area contributed by atoms with E-state index in [2.05, 4.69) is 4.74 Å². The summed E-state index contributed by atoms with van der Waals surface area (Å²) in [6.07, 6.45) is -5.01. The summed E-state index contributed by atoms with van der Waals surface area (Å²) in [5.74, 6) is -1.55. The van der Waals surface area contributed by atoms with Crippen molar-refractivity contribution in [3.8, 4) is 5.75 Å². The van der Waals surface area contributed by atoms with Gasteiger partial charge in [-0.15, -0.1) is 13.2 Å². The highest BCUT2D eigenvalue weighted by atomic mass is 19.4. The molecule has 0 aliphatic carbocycles. The van der Waals surface area contributed by atoms with Gasteiger partial charge in [-0.05, 0) is 6.07 Å². The Kier molecular flexibility index (Phi) is 4.12. The molecule has 1 atom stereocenters. The van der Waals surface area contributed by atoms with Crippen molar-refractivity contribution in [3.63, 3.8) is 0 Å². The predicted octanol–water partition coefficient (Wildman–Crippen LogP) is 2.59. The summed E-state index contributed by atoms with van der Waals surface area (Å²) < 4.78 is 39.9. The Morgan fingerprint density at radius 3 is 2.56 bits per heavy atom. The third-order valence-corrected chi connectivity index (χ3v) is 2.24. The summed E-state index contributed by atoms with van der Waals surface area (Å²) in [5.41, 5.74) is -0.791. The fraction of sp³-hybridized carbons (Fsp3) is 0.400. The van der Waals surface area contributed by atoms with Gasteiger partial charge in [0.15, 0.2) is 0 Å². The summed E-state index contributed by atoms with van der Waals surface area (Å²) in [4.78, 5) is 9.87. The molecule has 0 spiro atoms. The van der Waals surface area contributed by atoms with Crippen LogP contribution in [-0.4, -0.2) is 23.0 Å². The number of alkyl halides is 3. The molecule has 1 aromatic rings. The molecule has 18 heavy (non-hydrogen) atoms. The average molecular weight is 265 g/mol. The minimum atomic E-state index is -5.01. The van der Waals surface area contributed by atoms with Crippen LogP contribution >= 0.6 is 0 Å². The van der Waals surface area contributed by atoms with Crippen LogP contribution in [0.25, 0.3) is 0 Å². The molecule has 1 N–H and O–H groups in total. The first-order valence-corrected chi connectivity index (χ1v) is 4.90. The van der Waals surface area contributed by atoms with E-state index in [0.29, 0.717) is 0 Å². The van der Waals surface area contributed by atoms with Gasteiger partial charge in [0, 0.05) is 18.1 Å². The van der Waals surface area contributed by atoms with E-state index in [-0.39, 0.29) is 5.56 Å². The van der Waals surface area contributed by atoms with Crippen LogP contribution in [0.1, 0.15) is 18.4 Å². The third-order valence-electron chi connectivity index (χ3n) is 2.24. The van der Waals surface area contributed by atoms with Gasteiger partial charge in [-0.25, -0.2) is 0 Å². The number of ether oxygens (including phenoxy) is 1. The van der Waals surface area contributed by atoms with Gasteiger partial charge in [-0.1, -0.05) is 19.1 Å². The van der Waals surface area contributed by atoms with Gasteiger partial charge in [0.25, 0.3) is 0 Å². The minimum absolute atomic E-state index is 0.00995. The lowest BCUT2D eigenvalue weighted by Crippen LogP contribution is -2.18. The lowest BCUT2D eigenvalue weighted by molar-refractivity contribution is -0.389. The van der Waals surface area contributed by atoms with E-state index in [1.54, 1.807) is 0 Å². The van der Waals surface area contributed by atoms with E-state index in [0.717, 1.165) is 6.07 Å². The molecule has 1 aromatic carbocycles. The zero-order valence-corrected chi connectivity index (χ0v) is 9.27.